The van der Waals surface area contributed by atoms with Crippen molar-refractivity contribution < 1.29 is 4.79 Å². The molecule has 27 heavy (non-hydrogen) atoms. The maximum atomic E-state index is 12.3. The number of aromatic nitrogens is 2. The summed E-state index contributed by atoms with van der Waals surface area (Å²) >= 11 is 5.98. The number of anilines is 1. The monoisotopic (exact) mass is 384 g/mol. The molecule has 1 aromatic carbocycles. The fourth-order valence-electron chi connectivity index (χ4n) is 3.16. The van der Waals surface area contributed by atoms with E-state index < -0.39 is 0 Å². The van der Waals surface area contributed by atoms with E-state index in [2.05, 4.69) is 26.7 Å². The number of amides is 1. The smallest absolute Gasteiger partial charge is 0.270 e. The van der Waals surface area contributed by atoms with Crippen molar-refractivity contribution in [3.05, 3.63) is 64.6 Å². The average molecular weight is 385 g/mol. The van der Waals surface area contributed by atoms with Gasteiger partial charge >= 0.3 is 0 Å². The minimum absolute atomic E-state index is 0.197. The summed E-state index contributed by atoms with van der Waals surface area (Å²) in [4.78, 5) is 20.6. The van der Waals surface area contributed by atoms with Crippen molar-refractivity contribution >= 4 is 23.3 Å². The van der Waals surface area contributed by atoms with Crippen LogP contribution in [0.5, 0.6) is 0 Å². The van der Waals surface area contributed by atoms with Crippen molar-refractivity contribution in [2.75, 3.05) is 18.4 Å². The summed E-state index contributed by atoms with van der Waals surface area (Å²) in [5.74, 6) is 0.485. The zero-order valence-corrected chi connectivity index (χ0v) is 16.1. The molecule has 1 aliphatic rings. The molecule has 2 aromatic rings. The van der Waals surface area contributed by atoms with Crippen LogP contribution in [-0.4, -0.2) is 29.0 Å². The summed E-state index contributed by atoms with van der Waals surface area (Å²) < 4.78 is 0. The number of carbonyl (C=O) groups excluding carboxylic acids is 1. The molecule has 1 heterocycles. The normalized spacial score (nSPS) is 13.7. The Morgan fingerprint density at radius 1 is 1.11 bits per heavy atom. The highest BCUT2D eigenvalue weighted by Crippen LogP contribution is 2.20. The van der Waals surface area contributed by atoms with Crippen LogP contribution in [0.15, 0.2) is 48.3 Å². The van der Waals surface area contributed by atoms with Crippen molar-refractivity contribution in [2.45, 2.75) is 38.5 Å². The molecule has 0 aliphatic heterocycles. The predicted octanol–water partition coefficient (Wildman–Crippen LogP) is 4.40. The van der Waals surface area contributed by atoms with Gasteiger partial charge in [0.25, 0.3) is 5.91 Å². The minimum atomic E-state index is -0.197. The molecule has 142 valence electrons. The number of benzene rings is 1. The van der Waals surface area contributed by atoms with Gasteiger partial charge in [0.15, 0.2) is 0 Å². The number of hydrogen-bond donors (Lipinski definition) is 2. The van der Waals surface area contributed by atoms with Crippen LogP contribution >= 0.6 is 11.6 Å². The van der Waals surface area contributed by atoms with Crippen LogP contribution in [-0.2, 0) is 6.42 Å². The third kappa shape index (κ3) is 6.36. The Labute approximate surface area is 165 Å². The largest absolute Gasteiger partial charge is 0.370 e. The van der Waals surface area contributed by atoms with Crippen molar-refractivity contribution in [3.63, 3.8) is 0 Å². The van der Waals surface area contributed by atoms with Crippen molar-refractivity contribution in [3.8, 4) is 0 Å². The number of nitrogens with zero attached hydrogens (tertiary/aromatic N) is 2. The highest BCUT2D eigenvalue weighted by Gasteiger charge is 2.09. The molecule has 0 unspecified atom stereocenters. The molecule has 1 aliphatic carbocycles. The van der Waals surface area contributed by atoms with Gasteiger partial charge in [-0.2, -0.15) is 0 Å². The predicted molar refractivity (Wildman–Crippen MR) is 109 cm³/mol. The second kappa shape index (κ2) is 10.1. The van der Waals surface area contributed by atoms with Crippen LogP contribution in [0, 0.1) is 0 Å². The van der Waals surface area contributed by atoms with E-state index in [-0.39, 0.29) is 5.91 Å². The van der Waals surface area contributed by atoms with E-state index in [9.17, 15) is 4.79 Å². The van der Waals surface area contributed by atoms with Crippen LogP contribution in [0.2, 0.25) is 5.02 Å². The Kier molecular flexibility index (Phi) is 7.22. The first kappa shape index (κ1) is 19.4. The van der Waals surface area contributed by atoms with Gasteiger partial charge in [0, 0.05) is 24.2 Å². The van der Waals surface area contributed by atoms with Gasteiger partial charge in [-0.1, -0.05) is 35.4 Å². The second-order valence-electron chi connectivity index (χ2n) is 6.71. The van der Waals surface area contributed by atoms with Gasteiger partial charge in [-0.25, -0.2) is 9.97 Å². The van der Waals surface area contributed by atoms with Crippen molar-refractivity contribution in [2.24, 2.45) is 0 Å². The quantitative estimate of drug-likeness (QED) is 0.662. The van der Waals surface area contributed by atoms with Crippen LogP contribution in [0.4, 0.5) is 5.82 Å². The third-order valence-corrected chi connectivity index (χ3v) is 4.86. The standard InChI is InChI=1S/C21H25ClN4O/c22-18-8-4-7-17(13-18)10-12-24-21(27)19-14-20(26-15-25-19)23-11-9-16-5-2-1-3-6-16/h4-5,7-8,13-15H,1-3,6,9-12H2,(H,24,27)(H,23,25,26). The van der Waals surface area contributed by atoms with Crippen LogP contribution < -0.4 is 10.6 Å². The van der Waals surface area contributed by atoms with Crippen LogP contribution in [0.3, 0.4) is 0 Å². The Morgan fingerprint density at radius 3 is 2.85 bits per heavy atom. The number of rotatable bonds is 8. The molecule has 0 atom stereocenters. The number of allylic oxidation sites excluding steroid dienone is 1. The van der Waals surface area contributed by atoms with Gasteiger partial charge in [-0.05, 0) is 56.2 Å². The van der Waals surface area contributed by atoms with Gasteiger partial charge in [0.05, 0.1) is 0 Å². The zero-order valence-electron chi connectivity index (χ0n) is 15.4. The minimum Gasteiger partial charge on any atom is -0.370 e. The summed E-state index contributed by atoms with van der Waals surface area (Å²) in [6.45, 7) is 1.35. The van der Waals surface area contributed by atoms with Gasteiger partial charge in [0.2, 0.25) is 0 Å². The average Bonchev–Trinajstić information content (AvgIpc) is 2.69. The van der Waals surface area contributed by atoms with Crippen molar-refractivity contribution in [1.29, 1.82) is 0 Å². The molecule has 0 saturated heterocycles. The van der Waals surface area contributed by atoms with Gasteiger partial charge in [0.1, 0.15) is 17.8 Å². The topological polar surface area (TPSA) is 66.9 Å². The number of nitrogens with one attached hydrogen (secondary N) is 2. The lowest BCUT2D eigenvalue weighted by atomic mass is 9.97. The molecule has 0 fully saturated rings. The Bertz CT molecular complexity index is 806. The number of halogens is 1. The second-order valence-corrected chi connectivity index (χ2v) is 7.15. The molecule has 0 radical (unpaired) electrons. The lowest BCUT2D eigenvalue weighted by molar-refractivity contribution is 0.0949. The van der Waals surface area contributed by atoms with Crippen molar-refractivity contribution in [1.82, 2.24) is 15.3 Å². The molecule has 6 heteroatoms. The SMILES string of the molecule is O=C(NCCc1cccc(Cl)c1)c1cc(NCCC2=CCCCC2)ncn1. The number of hydrogen-bond acceptors (Lipinski definition) is 4. The highest BCUT2D eigenvalue weighted by atomic mass is 35.5. The lowest BCUT2D eigenvalue weighted by Crippen LogP contribution is -2.26. The van der Waals surface area contributed by atoms with Gasteiger partial charge in [-0.3, -0.25) is 4.79 Å². The maximum Gasteiger partial charge on any atom is 0.270 e. The molecule has 5 nitrogen and oxygen atoms in total. The first-order valence-electron chi connectivity index (χ1n) is 9.47. The molecule has 1 amide bonds. The first-order chi connectivity index (χ1) is 13.2. The van der Waals surface area contributed by atoms with Crippen LogP contribution in [0.25, 0.3) is 0 Å². The molecule has 2 N–H and O–H groups in total. The van der Waals surface area contributed by atoms with E-state index in [1.54, 1.807) is 6.07 Å². The highest BCUT2D eigenvalue weighted by molar-refractivity contribution is 6.30. The molecular weight excluding hydrogens is 360 g/mol. The van der Waals surface area contributed by atoms with E-state index in [0.29, 0.717) is 23.1 Å². The lowest BCUT2D eigenvalue weighted by Gasteiger charge is -2.13. The molecule has 0 saturated carbocycles. The van der Waals surface area contributed by atoms with E-state index in [0.717, 1.165) is 24.9 Å². The summed E-state index contributed by atoms with van der Waals surface area (Å²) in [6, 6.07) is 9.34. The summed E-state index contributed by atoms with van der Waals surface area (Å²) in [5, 5.41) is 6.88. The van der Waals surface area contributed by atoms with E-state index in [1.807, 2.05) is 24.3 Å². The summed E-state index contributed by atoms with van der Waals surface area (Å²) in [5.41, 5.74) is 2.97. The van der Waals surface area contributed by atoms with Gasteiger partial charge in [-0.15, -0.1) is 0 Å². The maximum absolute atomic E-state index is 12.3. The fourth-order valence-corrected chi connectivity index (χ4v) is 3.38. The first-order valence-corrected chi connectivity index (χ1v) is 9.85. The van der Waals surface area contributed by atoms with E-state index in [1.165, 1.54) is 37.6 Å². The Balaban J connectivity index is 1.45. The van der Waals surface area contributed by atoms with E-state index >= 15 is 0 Å². The van der Waals surface area contributed by atoms with Gasteiger partial charge < -0.3 is 10.6 Å². The van der Waals surface area contributed by atoms with Crippen LogP contribution in [0.1, 0.15) is 48.2 Å². The Hall–Kier alpha value is -2.40. The molecular formula is C21H25ClN4O. The molecule has 1 aromatic heterocycles. The van der Waals surface area contributed by atoms with E-state index in [4.69, 9.17) is 11.6 Å². The summed E-state index contributed by atoms with van der Waals surface area (Å²) in [7, 11) is 0. The zero-order chi connectivity index (χ0) is 18.9. The fraction of sp³-hybridized carbons (Fsp3) is 0.381. The molecule has 3 rings (SSSR count). The molecule has 0 bridgehead atoms. The summed E-state index contributed by atoms with van der Waals surface area (Å²) in [6.07, 6.45) is 10.5. The Morgan fingerprint density at radius 2 is 2.04 bits per heavy atom. The third-order valence-electron chi connectivity index (χ3n) is 4.63. The molecule has 0 spiro atoms. The number of carbonyl (C=O) groups is 1.